The number of aromatic nitrogens is 2. The van der Waals surface area contributed by atoms with Gasteiger partial charge in [0.25, 0.3) is 0 Å². The Bertz CT molecular complexity index is 442. The van der Waals surface area contributed by atoms with E-state index in [-0.39, 0.29) is 0 Å². The minimum Gasteiger partial charge on any atom is -0.481 e. The monoisotopic (exact) mass is 265 g/mol. The molecule has 1 saturated heterocycles. The second-order valence-electron chi connectivity index (χ2n) is 5.47. The summed E-state index contributed by atoms with van der Waals surface area (Å²) < 4.78 is 1.87. The number of hydrogen-bond acceptors (Lipinski definition) is 3. The van der Waals surface area contributed by atoms with E-state index < -0.39 is 5.97 Å². The van der Waals surface area contributed by atoms with Gasteiger partial charge >= 0.3 is 5.97 Å². The van der Waals surface area contributed by atoms with Gasteiger partial charge in [0.1, 0.15) is 0 Å². The van der Waals surface area contributed by atoms with E-state index in [1.54, 1.807) is 0 Å². The van der Waals surface area contributed by atoms with Crippen LogP contribution in [0.25, 0.3) is 0 Å². The molecule has 1 fully saturated rings. The molecule has 1 atom stereocenters. The minimum absolute atomic E-state index is 0.296. The van der Waals surface area contributed by atoms with Gasteiger partial charge in [-0.05, 0) is 31.7 Å². The average Bonchev–Trinajstić information content (AvgIpc) is 2.69. The molecule has 0 bridgehead atoms. The Labute approximate surface area is 114 Å². The molecule has 19 heavy (non-hydrogen) atoms. The Kier molecular flexibility index (Phi) is 4.58. The summed E-state index contributed by atoms with van der Waals surface area (Å²) in [6, 6.07) is 0. The smallest absolute Gasteiger partial charge is 0.303 e. The summed E-state index contributed by atoms with van der Waals surface area (Å²) in [6.45, 7) is 4.97. The average molecular weight is 265 g/mol. The minimum atomic E-state index is -0.678. The van der Waals surface area contributed by atoms with E-state index in [1.165, 1.54) is 5.56 Å². The summed E-state index contributed by atoms with van der Waals surface area (Å²) in [5.74, 6) is -0.379. The van der Waals surface area contributed by atoms with Crippen LogP contribution in [0.4, 0.5) is 0 Å². The largest absolute Gasteiger partial charge is 0.481 e. The van der Waals surface area contributed by atoms with Crippen molar-refractivity contribution in [1.29, 1.82) is 0 Å². The standard InChI is InChI=1S/C14H23N3O2/c1-3-13-12(9-16(2)15-13)10-17-6-4-5-11(8-17)7-14(18)19/h9,11H,3-8,10H2,1-2H3,(H,18,19). The van der Waals surface area contributed by atoms with Gasteiger partial charge in [0.05, 0.1) is 5.69 Å². The highest BCUT2D eigenvalue weighted by atomic mass is 16.4. The number of nitrogens with zero attached hydrogens (tertiary/aromatic N) is 3. The lowest BCUT2D eigenvalue weighted by molar-refractivity contribution is -0.138. The molecule has 0 saturated carbocycles. The van der Waals surface area contributed by atoms with Crippen LogP contribution in [0.5, 0.6) is 0 Å². The van der Waals surface area contributed by atoms with Crippen LogP contribution < -0.4 is 0 Å². The fourth-order valence-electron chi connectivity index (χ4n) is 2.96. The topological polar surface area (TPSA) is 58.4 Å². The van der Waals surface area contributed by atoms with Gasteiger partial charge in [-0.3, -0.25) is 14.4 Å². The van der Waals surface area contributed by atoms with Crippen molar-refractivity contribution in [2.24, 2.45) is 13.0 Å². The van der Waals surface area contributed by atoms with Crippen LogP contribution in [0.3, 0.4) is 0 Å². The third-order valence-electron chi connectivity index (χ3n) is 3.79. The fraction of sp³-hybridized carbons (Fsp3) is 0.714. The number of likely N-dealkylation sites (tertiary alicyclic amines) is 1. The first-order valence-corrected chi connectivity index (χ1v) is 7.04. The van der Waals surface area contributed by atoms with Gasteiger partial charge in [0.2, 0.25) is 0 Å². The van der Waals surface area contributed by atoms with Gasteiger partial charge in [-0.15, -0.1) is 0 Å². The first-order valence-electron chi connectivity index (χ1n) is 7.04. The normalized spacial score (nSPS) is 20.6. The summed E-state index contributed by atoms with van der Waals surface area (Å²) in [5, 5.41) is 13.4. The summed E-state index contributed by atoms with van der Waals surface area (Å²) in [4.78, 5) is 13.2. The third-order valence-corrected chi connectivity index (χ3v) is 3.79. The maximum absolute atomic E-state index is 10.8. The van der Waals surface area contributed by atoms with Crippen molar-refractivity contribution in [3.63, 3.8) is 0 Å². The van der Waals surface area contributed by atoms with Crippen molar-refractivity contribution in [3.05, 3.63) is 17.5 Å². The molecule has 0 amide bonds. The van der Waals surface area contributed by atoms with Crippen molar-refractivity contribution in [1.82, 2.24) is 14.7 Å². The molecule has 1 unspecified atom stereocenters. The highest BCUT2D eigenvalue weighted by Crippen LogP contribution is 2.22. The number of carboxylic acids is 1. The SMILES string of the molecule is CCc1nn(C)cc1CN1CCCC(CC(=O)O)C1. The van der Waals surface area contributed by atoms with E-state index in [4.69, 9.17) is 5.11 Å². The summed E-state index contributed by atoms with van der Waals surface area (Å²) in [7, 11) is 1.95. The van der Waals surface area contributed by atoms with Crippen LogP contribution in [-0.2, 0) is 24.8 Å². The van der Waals surface area contributed by atoms with Gasteiger partial charge < -0.3 is 5.11 Å². The molecule has 2 heterocycles. The molecule has 1 aliphatic rings. The lowest BCUT2D eigenvalue weighted by atomic mass is 9.94. The summed E-state index contributed by atoms with van der Waals surface area (Å²) >= 11 is 0. The Morgan fingerprint density at radius 3 is 3.05 bits per heavy atom. The van der Waals surface area contributed by atoms with Crippen molar-refractivity contribution in [3.8, 4) is 0 Å². The van der Waals surface area contributed by atoms with E-state index in [1.807, 2.05) is 11.7 Å². The van der Waals surface area contributed by atoms with Gasteiger partial charge in [0, 0.05) is 38.3 Å². The van der Waals surface area contributed by atoms with E-state index in [0.29, 0.717) is 12.3 Å². The van der Waals surface area contributed by atoms with Crippen molar-refractivity contribution < 1.29 is 9.90 Å². The van der Waals surface area contributed by atoms with Gasteiger partial charge in [-0.25, -0.2) is 0 Å². The Morgan fingerprint density at radius 1 is 1.58 bits per heavy atom. The van der Waals surface area contributed by atoms with E-state index in [9.17, 15) is 4.79 Å². The lowest BCUT2D eigenvalue weighted by Gasteiger charge is -2.31. The third kappa shape index (κ3) is 3.80. The maximum Gasteiger partial charge on any atom is 0.303 e. The molecule has 5 nitrogen and oxygen atoms in total. The second-order valence-corrected chi connectivity index (χ2v) is 5.47. The Hall–Kier alpha value is -1.36. The zero-order valence-corrected chi connectivity index (χ0v) is 11.8. The molecule has 0 spiro atoms. The molecule has 0 radical (unpaired) electrons. The number of carboxylic acid groups (broad SMARTS) is 1. The zero-order chi connectivity index (χ0) is 13.8. The van der Waals surface area contributed by atoms with Crippen molar-refractivity contribution in [2.45, 2.75) is 39.2 Å². The molecule has 1 aromatic heterocycles. The van der Waals surface area contributed by atoms with Gasteiger partial charge in [0.15, 0.2) is 0 Å². The molecule has 2 rings (SSSR count). The van der Waals surface area contributed by atoms with E-state index >= 15 is 0 Å². The Balaban J connectivity index is 1.96. The van der Waals surface area contributed by atoms with Crippen molar-refractivity contribution >= 4 is 5.97 Å². The number of hydrogen-bond donors (Lipinski definition) is 1. The zero-order valence-electron chi connectivity index (χ0n) is 11.8. The molecule has 0 aliphatic carbocycles. The van der Waals surface area contributed by atoms with Gasteiger partial charge in [-0.1, -0.05) is 6.92 Å². The highest BCUT2D eigenvalue weighted by Gasteiger charge is 2.22. The van der Waals surface area contributed by atoms with Crippen LogP contribution >= 0.6 is 0 Å². The van der Waals surface area contributed by atoms with Crippen LogP contribution in [0.1, 0.15) is 37.4 Å². The predicted octanol–water partition coefficient (Wildman–Crippen LogP) is 1.67. The summed E-state index contributed by atoms with van der Waals surface area (Å²) in [5.41, 5.74) is 2.43. The van der Waals surface area contributed by atoms with Crippen LogP contribution in [0, 0.1) is 5.92 Å². The quantitative estimate of drug-likeness (QED) is 0.880. The number of aliphatic carboxylic acids is 1. The summed E-state index contributed by atoms with van der Waals surface area (Å²) in [6.07, 6.45) is 5.46. The van der Waals surface area contributed by atoms with Crippen LogP contribution in [-0.4, -0.2) is 38.8 Å². The van der Waals surface area contributed by atoms with Crippen LogP contribution in [0.15, 0.2) is 6.20 Å². The Morgan fingerprint density at radius 2 is 2.37 bits per heavy atom. The molecule has 1 aliphatic heterocycles. The maximum atomic E-state index is 10.8. The molecule has 5 heteroatoms. The first-order chi connectivity index (χ1) is 9.08. The number of carbonyl (C=O) groups is 1. The van der Waals surface area contributed by atoms with E-state index in [0.717, 1.165) is 44.6 Å². The fourth-order valence-corrected chi connectivity index (χ4v) is 2.96. The number of rotatable bonds is 5. The second kappa shape index (κ2) is 6.19. The molecule has 106 valence electrons. The van der Waals surface area contributed by atoms with E-state index in [2.05, 4.69) is 23.1 Å². The van der Waals surface area contributed by atoms with Crippen LogP contribution in [0.2, 0.25) is 0 Å². The molecule has 0 aromatic carbocycles. The van der Waals surface area contributed by atoms with Gasteiger partial charge in [-0.2, -0.15) is 5.10 Å². The molecular weight excluding hydrogens is 242 g/mol. The predicted molar refractivity (Wildman–Crippen MR) is 72.8 cm³/mol. The number of aryl methyl sites for hydroxylation is 2. The number of piperidine rings is 1. The molecular formula is C14H23N3O2. The first kappa shape index (κ1) is 14.1. The molecule has 1 N–H and O–H groups in total. The van der Waals surface area contributed by atoms with Crippen molar-refractivity contribution in [2.75, 3.05) is 13.1 Å². The highest BCUT2D eigenvalue weighted by molar-refractivity contribution is 5.67. The lowest BCUT2D eigenvalue weighted by Crippen LogP contribution is -2.35. The molecule has 1 aromatic rings.